The number of unbranched alkanes of at least 4 members (excludes halogenated alkanes) is 23. The van der Waals surface area contributed by atoms with Gasteiger partial charge in [-0.25, -0.2) is 0 Å². The van der Waals surface area contributed by atoms with Crippen LogP contribution in [0.25, 0.3) is 0 Å². The third-order valence-electron chi connectivity index (χ3n) is 15.1. The number of carbonyl (C=O) groups is 2. The van der Waals surface area contributed by atoms with Gasteiger partial charge in [0.25, 0.3) is 0 Å². The Morgan fingerprint density at radius 3 is 0.667 bits per heavy atom. The monoisotopic (exact) mass is 1240 g/mol. The lowest BCUT2D eigenvalue weighted by Crippen LogP contribution is -2.28. The van der Waals surface area contributed by atoms with Crippen LogP contribution in [-0.2, 0) is 19.1 Å². The lowest BCUT2D eigenvalue weighted by atomic mass is 10.0. The van der Waals surface area contributed by atoms with Gasteiger partial charge in [0, 0.05) is 12.8 Å². The number of allylic oxidation sites excluding steroid dienone is 34. The number of hydrogen-bond donors (Lipinski definition) is 1. The average molecular weight is 1240 g/mol. The number of ether oxygens (including phenoxy) is 2. The van der Waals surface area contributed by atoms with Crippen molar-refractivity contribution in [2.75, 3.05) is 13.2 Å². The van der Waals surface area contributed by atoms with Crippen molar-refractivity contribution in [3.63, 3.8) is 0 Å². The van der Waals surface area contributed by atoms with Gasteiger partial charge < -0.3 is 14.6 Å². The molecule has 0 heterocycles. The maximum atomic E-state index is 12.4. The molecular weight excluding hydrogens is 1100 g/mol. The van der Waals surface area contributed by atoms with Crippen LogP contribution in [-0.4, -0.2) is 36.4 Å². The molecule has 5 heteroatoms. The van der Waals surface area contributed by atoms with Crippen LogP contribution in [0.1, 0.15) is 296 Å². The molecule has 0 bridgehead atoms. The van der Waals surface area contributed by atoms with E-state index in [9.17, 15) is 14.7 Å². The molecule has 90 heavy (non-hydrogen) atoms. The zero-order valence-electron chi connectivity index (χ0n) is 57.8. The molecule has 504 valence electrons. The number of aliphatic hydroxyl groups excluding tert-OH is 1. The van der Waals surface area contributed by atoms with Gasteiger partial charge in [0.1, 0.15) is 6.61 Å². The van der Waals surface area contributed by atoms with Gasteiger partial charge >= 0.3 is 11.9 Å². The summed E-state index contributed by atoms with van der Waals surface area (Å²) in [6, 6.07) is 0. The molecule has 0 aromatic heterocycles. The fraction of sp³-hybridized carbons (Fsp3) is 0.576. The highest BCUT2D eigenvalue weighted by Gasteiger charge is 2.16. The lowest BCUT2D eigenvalue weighted by Gasteiger charge is -2.15. The summed E-state index contributed by atoms with van der Waals surface area (Å²) < 4.78 is 10.7. The second kappa shape index (κ2) is 77.7. The molecule has 0 aliphatic carbocycles. The lowest BCUT2D eigenvalue weighted by molar-refractivity contribution is -0.161. The fourth-order valence-corrected chi connectivity index (χ4v) is 9.68. The summed E-state index contributed by atoms with van der Waals surface area (Å²) in [5.41, 5.74) is 0. The van der Waals surface area contributed by atoms with Crippen molar-refractivity contribution in [2.24, 2.45) is 0 Å². The first-order valence-electron chi connectivity index (χ1n) is 36.6. The maximum Gasteiger partial charge on any atom is 0.306 e. The number of hydrogen-bond acceptors (Lipinski definition) is 5. The first-order chi connectivity index (χ1) is 44.6. The van der Waals surface area contributed by atoms with E-state index in [0.29, 0.717) is 12.8 Å². The first-order valence-corrected chi connectivity index (χ1v) is 36.6. The third-order valence-corrected chi connectivity index (χ3v) is 15.1. The number of rotatable bonds is 65. The molecule has 5 nitrogen and oxygen atoms in total. The van der Waals surface area contributed by atoms with Crippen LogP contribution in [0.15, 0.2) is 207 Å². The molecule has 0 rings (SSSR count). The van der Waals surface area contributed by atoms with Crippen LogP contribution in [0.3, 0.4) is 0 Å². The zero-order valence-corrected chi connectivity index (χ0v) is 57.8. The molecule has 0 fully saturated rings. The van der Waals surface area contributed by atoms with Crippen LogP contribution in [0.2, 0.25) is 0 Å². The predicted molar refractivity (Wildman–Crippen MR) is 398 cm³/mol. The zero-order chi connectivity index (χ0) is 64.7. The summed E-state index contributed by atoms with van der Waals surface area (Å²) in [6.07, 6.45) is 124. The predicted octanol–water partition coefficient (Wildman–Crippen LogP) is 26.1. The summed E-state index contributed by atoms with van der Waals surface area (Å²) in [6.45, 7) is 3.90. The molecule has 0 aliphatic rings. The van der Waals surface area contributed by atoms with E-state index in [1.54, 1.807) is 0 Å². The van der Waals surface area contributed by atoms with Gasteiger partial charge in [0.15, 0.2) is 6.10 Å². The van der Waals surface area contributed by atoms with Crippen LogP contribution < -0.4 is 0 Å². The highest BCUT2D eigenvalue weighted by Crippen LogP contribution is 2.16. The van der Waals surface area contributed by atoms with E-state index < -0.39 is 6.10 Å². The van der Waals surface area contributed by atoms with Crippen molar-refractivity contribution >= 4 is 11.9 Å². The van der Waals surface area contributed by atoms with E-state index in [1.807, 2.05) is 0 Å². The number of esters is 2. The Balaban J connectivity index is 3.58. The Labute approximate surface area is 555 Å². The normalized spacial score (nSPS) is 13.5. The van der Waals surface area contributed by atoms with Gasteiger partial charge in [-0.1, -0.05) is 342 Å². The van der Waals surface area contributed by atoms with E-state index in [4.69, 9.17) is 9.47 Å². The van der Waals surface area contributed by atoms with Crippen molar-refractivity contribution in [2.45, 2.75) is 302 Å². The smallest absolute Gasteiger partial charge is 0.306 e. The Bertz CT molecular complexity index is 2090. The standard InChI is InChI=1S/C85H134O5/c1-3-5-7-9-11-13-15-17-19-21-23-25-27-29-31-33-35-37-39-41-42-44-46-48-50-52-54-56-58-60-62-64-66-68-70-72-74-76-78-80-85(88)90-83(81-86)82-89-84(87)79-77-75-73-71-69-67-65-63-61-59-57-55-53-51-49-47-45-43-40-38-36-34-32-30-28-26-24-22-20-18-16-14-12-10-8-6-4-2/h5-8,11-14,17-20,23-26,29-32,35-38,41-42,46,48,52,54,58,60,64,66,83,86H,3-4,9-10,15-16,21-22,27-28,33-34,39-40,43-45,47,49-51,53,55-57,59,61-63,65,67-82H2,1-2H3/b7-5-,8-6-,13-11-,14-12-,19-17-,20-18-,25-23-,26-24-,31-29-,32-30-,37-35-,38-36-,42-41-,48-46-,54-52-,60-58-,66-64-. The highest BCUT2D eigenvalue weighted by molar-refractivity contribution is 5.70. The first kappa shape index (κ1) is 84.5. The molecule has 0 radical (unpaired) electrons. The topological polar surface area (TPSA) is 72.8 Å². The molecule has 0 spiro atoms. The Kier molecular flexibility index (Phi) is 73.0. The maximum absolute atomic E-state index is 12.4. The van der Waals surface area contributed by atoms with E-state index in [-0.39, 0.29) is 25.2 Å². The molecule has 0 aliphatic heterocycles. The fourth-order valence-electron chi connectivity index (χ4n) is 9.68. The summed E-state index contributed by atoms with van der Waals surface area (Å²) in [7, 11) is 0. The second-order valence-corrected chi connectivity index (χ2v) is 23.6. The van der Waals surface area contributed by atoms with Crippen molar-refractivity contribution in [1.82, 2.24) is 0 Å². The van der Waals surface area contributed by atoms with Gasteiger partial charge in [0.2, 0.25) is 0 Å². The van der Waals surface area contributed by atoms with Crippen molar-refractivity contribution in [3.05, 3.63) is 207 Å². The summed E-state index contributed by atoms with van der Waals surface area (Å²) in [4.78, 5) is 24.7. The second-order valence-electron chi connectivity index (χ2n) is 23.6. The largest absolute Gasteiger partial charge is 0.462 e. The minimum atomic E-state index is -0.798. The Morgan fingerprint density at radius 2 is 0.444 bits per heavy atom. The Morgan fingerprint density at radius 1 is 0.256 bits per heavy atom. The molecule has 1 unspecified atom stereocenters. The average Bonchev–Trinajstić information content (AvgIpc) is 3.59. The van der Waals surface area contributed by atoms with Gasteiger partial charge in [-0.2, -0.15) is 0 Å². The van der Waals surface area contributed by atoms with Crippen LogP contribution >= 0.6 is 0 Å². The van der Waals surface area contributed by atoms with E-state index >= 15 is 0 Å². The van der Waals surface area contributed by atoms with Gasteiger partial charge in [-0.15, -0.1) is 0 Å². The molecule has 0 saturated carbocycles. The van der Waals surface area contributed by atoms with E-state index in [1.165, 1.54) is 103 Å². The number of carbonyl (C=O) groups excluding carboxylic acids is 2. The third kappa shape index (κ3) is 74.9. The molecule has 0 saturated heterocycles. The SMILES string of the molecule is CC/C=C\C/C=C\C/C=C\C/C=C\C/C=C\C/C=C\C/C=C\C/C=C\C/C=C\C/C=C\C/C=C\CCCCCCCC(=O)OC(CO)COC(=O)CCCCCCCCCCCCCCCCCCCC/C=C\C/C=C\C/C=C\C/C=C\C/C=C\C/C=C\CC. The quantitative estimate of drug-likeness (QED) is 0.0373. The van der Waals surface area contributed by atoms with Crippen molar-refractivity contribution in [1.29, 1.82) is 0 Å². The van der Waals surface area contributed by atoms with Crippen LogP contribution in [0.4, 0.5) is 0 Å². The van der Waals surface area contributed by atoms with E-state index in [2.05, 4.69) is 220 Å². The van der Waals surface area contributed by atoms with Crippen LogP contribution in [0, 0.1) is 0 Å². The summed E-state index contributed by atoms with van der Waals surface area (Å²) in [5.74, 6) is -0.618. The van der Waals surface area contributed by atoms with E-state index in [0.717, 1.165) is 167 Å². The molecule has 0 aromatic rings. The minimum Gasteiger partial charge on any atom is -0.462 e. The van der Waals surface area contributed by atoms with Gasteiger partial charge in [-0.3, -0.25) is 9.59 Å². The minimum absolute atomic E-state index is 0.0840. The van der Waals surface area contributed by atoms with Gasteiger partial charge in [-0.05, 0) is 148 Å². The molecule has 0 amide bonds. The summed E-state index contributed by atoms with van der Waals surface area (Å²) >= 11 is 0. The summed E-state index contributed by atoms with van der Waals surface area (Å²) in [5, 5.41) is 9.71. The number of aliphatic hydroxyl groups is 1. The molecule has 0 aromatic carbocycles. The van der Waals surface area contributed by atoms with Crippen LogP contribution in [0.5, 0.6) is 0 Å². The van der Waals surface area contributed by atoms with Crippen molar-refractivity contribution < 1.29 is 24.2 Å². The van der Waals surface area contributed by atoms with Crippen molar-refractivity contribution in [3.8, 4) is 0 Å². The highest BCUT2D eigenvalue weighted by atomic mass is 16.6. The Hall–Kier alpha value is -5.52. The van der Waals surface area contributed by atoms with Gasteiger partial charge in [0.05, 0.1) is 6.61 Å². The molecule has 1 atom stereocenters. The molecular formula is C85H134O5. The molecule has 1 N–H and O–H groups in total.